The summed E-state index contributed by atoms with van der Waals surface area (Å²) in [4.78, 5) is 0. The Bertz CT molecular complexity index is 206. The van der Waals surface area contributed by atoms with Crippen LogP contribution in [0.1, 0.15) is 73.6 Å². The van der Waals surface area contributed by atoms with Gasteiger partial charge in [-0.25, -0.2) is 0 Å². The lowest BCUT2D eigenvalue weighted by molar-refractivity contribution is 0.138. The van der Waals surface area contributed by atoms with Crippen LogP contribution in [0.4, 0.5) is 0 Å². The van der Waals surface area contributed by atoms with Crippen molar-refractivity contribution in [3.8, 4) is 0 Å². The Morgan fingerprint density at radius 1 is 0.882 bits per heavy atom. The van der Waals surface area contributed by atoms with Crippen LogP contribution in [0.5, 0.6) is 0 Å². The summed E-state index contributed by atoms with van der Waals surface area (Å²) in [6.45, 7) is 14.6. The highest BCUT2D eigenvalue weighted by Gasteiger charge is 2.29. The smallest absolute Gasteiger partial charge is 0.0383 e. The van der Waals surface area contributed by atoms with E-state index in [-0.39, 0.29) is 0 Å². The molecular formula is C17H34. The third-order valence-electron chi connectivity index (χ3n) is 5.21. The van der Waals surface area contributed by atoms with Crippen molar-refractivity contribution in [2.75, 3.05) is 0 Å². The molecule has 0 heteroatoms. The highest BCUT2D eigenvalue weighted by atomic mass is 14.3. The second-order valence-electron chi connectivity index (χ2n) is 7.30. The minimum atomic E-state index is 0.865. The van der Waals surface area contributed by atoms with Gasteiger partial charge >= 0.3 is 0 Å². The van der Waals surface area contributed by atoms with Crippen molar-refractivity contribution in [2.24, 2.45) is 35.5 Å². The molecular weight excluding hydrogens is 204 g/mol. The number of rotatable bonds is 3. The summed E-state index contributed by atoms with van der Waals surface area (Å²) in [6, 6.07) is 0. The molecule has 17 heavy (non-hydrogen) atoms. The average molecular weight is 238 g/mol. The molecule has 0 aliphatic heterocycles. The van der Waals surface area contributed by atoms with E-state index in [0.717, 1.165) is 35.5 Å². The molecule has 5 atom stereocenters. The Hall–Kier alpha value is 0. The number of hydrogen-bond donors (Lipinski definition) is 0. The molecule has 1 rings (SSSR count). The van der Waals surface area contributed by atoms with Crippen molar-refractivity contribution in [1.29, 1.82) is 0 Å². The zero-order valence-electron chi connectivity index (χ0n) is 13.0. The van der Waals surface area contributed by atoms with Gasteiger partial charge in [-0.15, -0.1) is 0 Å². The van der Waals surface area contributed by atoms with E-state index < -0.39 is 0 Å². The van der Waals surface area contributed by atoms with Gasteiger partial charge in [0, 0.05) is 0 Å². The van der Waals surface area contributed by atoms with Gasteiger partial charge in [-0.3, -0.25) is 0 Å². The maximum absolute atomic E-state index is 2.51. The molecule has 0 amide bonds. The van der Waals surface area contributed by atoms with Crippen LogP contribution < -0.4 is 0 Å². The second-order valence-corrected chi connectivity index (χ2v) is 7.30. The summed E-state index contributed by atoms with van der Waals surface area (Å²) in [5.74, 6) is 5.62. The van der Waals surface area contributed by atoms with Gasteiger partial charge in [0.05, 0.1) is 0 Å². The van der Waals surface area contributed by atoms with Crippen LogP contribution in [-0.2, 0) is 0 Å². The predicted molar refractivity (Wildman–Crippen MR) is 78.1 cm³/mol. The lowest BCUT2D eigenvalue weighted by atomic mass is 9.69. The van der Waals surface area contributed by atoms with Crippen LogP contribution in [0.2, 0.25) is 0 Å². The molecule has 1 saturated carbocycles. The van der Waals surface area contributed by atoms with E-state index in [0.29, 0.717) is 0 Å². The van der Waals surface area contributed by atoms with E-state index in [4.69, 9.17) is 0 Å². The molecule has 5 unspecified atom stereocenters. The van der Waals surface area contributed by atoms with Crippen LogP contribution in [0.15, 0.2) is 0 Å². The Labute approximate surface area is 110 Å². The fourth-order valence-electron chi connectivity index (χ4n) is 3.78. The Kier molecular flexibility index (Phi) is 6.03. The van der Waals surface area contributed by atoms with Crippen LogP contribution in [0, 0.1) is 35.5 Å². The van der Waals surface area contributed by atoms with Crippen LogP contribution in [-0.4, -0.2) is 0 Å². The van der Waals surface area contributed by atoms with Crippen molar-refractivity contribution in [3.05, 3.63) is 0 Å². The normalized spacial score (nSPS) is 40.1. The SMILES string of the molecule is CCC1CC(C)C(C)CC(CC(C)C)C(C)C1. The van der Waals surface area contributed by atoms with E-state index >= 15 is 0 Å². The summed E-state index contributed by atoms with van der Waals surface area (Å²) in [5, 5.41) is 0. The van der Waals surface area contributed by atoms with Crippen molar-refractivity contribution in [2.45, 2.75) is 73.6 Å². The zero-order valence-corrected chi connectivity index (χ0v) is 13.0. The van der Waals surface area contributed by atoms with Gasteiger partial charge in [-0.05, 0) is 61.2 Å². The van der Waals surface area contributed by atoms with Crippen molar-refractivity contribution in [3.63, 3.8) is 0 Å². The van der Waals surface area contributed by atoms with Gasteiger partial charge in [0.1, 0.15) is 0 Å². The quantitative estimate of drug-likeness (QED) is 0.586. The molecule has 0 spiro atoms. The first-order chi connectivity index (χ1) is 7.93. The molecule has 0 saturated heterocycles. The maximum atomic E-state index is 2.51. The minimum Gasteiger partial charge on any atom is -0.0651 e. The molecule has 0 N–H and O–H groups in total. The summed E-state index contributed by atoms with van der Waals surface area (Å²) >= 11 is 0. The zero-order chi connectivity index (χ0) is 13.0. The largest absolute Gasteiger partial charge is 0.0651 e. The highest BCUT2D eigenvalue weighted by molar-refractivity contribution is 4.80. The summed E-state index contributed by atoms with van der Waals surface area (Å²) in [7, 11) is 0. The van der Waals surface area contributed by atoms with E-state index in [2.05, 4.69) is 41.5 Å². The molecule has 0 aromatic heterocycles. The maximum Gasteiger partial charge on any atom is -0.0383 e. The summed E-state index contributed by atoms with van der Waals surface area (Å²) in [6.07, 6.45) is 7.24. The Balaban J connectivity index is 2.69. The first kappa shape index (κ1) is 15.1. The molecule has 0 aromatic rings. The Morgan fingerprint density at radius 2 is 1.41 bits per heavy atom. The van der Waals surface area contributed by atoms with Crippen LogP contribution in [0.3, 0.4) is 0 Å². The Morgan fingerprint density at radius 3 is 1.94 bits per heavy atom. The molecule has 0 heterocycles. The average Bonchev–Trinajstić information content (AvgIpc) is 2.24. The highest BCUT2D eigenvalue weighted by Crippen LogP contribution is 2.39. The molecule has 102 valence electrons. The van der Waals surface area contributed by atoms with E-state index in [1.807, 2.05) is 0 Å². The first-order valence-corrected chi connectivity index (χ1v) is 7.93. The van der Waals surface area contributed by atoms with E-state index in [9.17, 15) is 0 Å². The van der Waals surface area contributed by atoms with Crippen molar-refractivity contribution >= 4 is 0 Å². The van der Waals surface area contributed by atoms with Crippen LogP contribution >= 0.6 is 0 Å². The third-order valence-corrected chi connectivity index (χ3v) is 5.21. The fourth-order valence-corrected chi connectivity index (χ4v) is 3.78. The predicted octanol–water partition coefficient (Wildman–Crippen LogP) is 5.77. The summed E-state index contributed by atoms with van der Waals surface area (Å²) < 4.78 is 0. The standard InChI is InChI=1S/C17H34/c1-7-16-9-13(4)14(5)11-17(8-12(2)3)15(6)10-16/h12-17H,7-11H2,1-6H3. The van der Waals surface area contributed by atoms with Gasteiger partial charge in [0.2, 0.25) is 0 Å². The monoisotopic (exact) mass is 238 g/mol. The molecule has 1 fully saturated rings. The minimum absolute atomic E-state index is 0.865. The fraction of sp³-hybridized carbons (Fsp3) is 1.00. The first-order valence-electron chi connectivity index (χ1n) is 7.93. The lowest BCUT2D eigenvalue weighted by Crippen LogP contribution is -2.27. The molecule has 0 aromatic carbocycles. The summed E-state index contributed by atoms with van der Waals surface area (Å²) in [5.41, 5.74) is 0. The molecule has 0 nitrogen and oxygen atoms in total. The van der Waals surface area contributed by atoms with Gasteiger partial charge in [0.25, 0.3) is 0 Å². The molecule has 0 bridgehead atoms. The van der Waals surface area contributed by atoms with E-state index in [1.54, 1.807) is 0 Å². The third kappa shape index (κ3) is 4.64. The molecule has 1 aliphatic carbocycles. The van der Waals surface area contributed by atoms with Gasteiger partial charge in [-0.1, -0.05) is 48.0 Å². The van der Waals surface area contributed by atoms with Gasteiger partial charge in [0.15, 0.2) is 0 Å². The van der Waals surface area contributed by atoms with Crippen molar-refractivity contribution < 1.29 is 0 Å². The molecule has 0 radical (unpaired) electrons. The molecule has 1 aliphatic rings. The number of hydrogen-bond acceptors (Lipinski definition) is 0. The lowest BCUT2D eigenvalue weighted by Gasteiger charge is -2.37. The van der Waals surface area contributed by atoms with Crippen LogP contribution in [0.25, 0.3) is 0 Å². The van der Waals surface area contributed by atoms with Gasteiger partial charge < -0.3 is 0 Å². The van der Waals surface area contributed by atoms with E-state index in [1.165, 1.54) is 32.1 Å². The van der Waals surface area contributed by atoms with Crippen molar-refractivity contribution in [1.82, 2.24) is 0 Å². The second kappa shape index (κ2) is 6.81. The topological polar surface area (TPSA) is 0 Å². The van der Waals surface area contributed by atoms with Gasteiger partial charge in [-0.2, -0.15) is 0 Å².